The van der Waals surface area contributed by atoms with E-state index in [0.717, 1.165) is 12.8 Å². The van der Waals surface area contributed by atoms with E-state index < -0.39 is 0 Å². The molecule has 0 saturated carbocycles. The molecular formula is C72H55N. The monoisotopic (exact) mass is 933 g/mol. The summed E-state index contributed by atoms with van der Waals surface area (Å²) in [6, 6.07) is 96.1. The van der Waals surface area contributed by atoms with Gasteiger partial charge in [0, 0.05) is 33.5 Å². The largest absolute Gasteiger partial charge is 0.333 e. The van der Waals surface area contributed by atoms with Crippen molar-refractivity contribution in [2.45, 2.75) is 50.0 Å². The Labute approximate surface area is 428 Å². The molecule has 348 valence electrons. The maximum atomic E-state index is 2.69. The molecule has 2 aliphatic carbocycles. The van der Waals surface area contributed by atoms with Crippen molar-refractivity contribution in [1.82, 2.24) is 4.57 Å². The summed E-state index contributed by atoms with van der Waals surface area (Å²) >= 11 is 0. The normalized spacial score (nSPS) is 16.0. The van der Waals surface area contributed by atoms with Crippen LogP contribution >= 0.6 is 0 Å². The molecular weight excluding hydrogens is 879 g/mol. The molecule has 12 aromatic rings. The zero-order chi connectivity index (χ0) is 48.6. The van der Waals surface area contributed by atoms with Crippen molar-refractivity contribution < 1.29 is 0 Å². The second-order valence-electron chi connectivity index (χ2n) is 21.0. The molecule has 73 heavy (non-hydrogen) atoms. The van der Waals surface area contributed by atoms with E-state index in [0.29, 0.717) is 0 Å². The van der Waals surface area contributed by atoms with Gasteiger partial charge in [-0.3, -0.25) is 0 Å². The van der Waals surface area contributed by atoms with Gasteiger partial charge >= 0.3 is 0 Å². The van der Waals surface area contributed by atoms with Crippen molar-refractivity contribution in [1.29, 1.82) is 0 Å². The summed E-state index contributed by atoms with van der Waals surface area (Å²) in [5, 5.41) is 5.29. The van der Waals surface area contributed by atoms with Crippen molar-refractivity contribution in [3.63, 3.8) is 0 Å². The summed E-state index contributed by atoms with van der Waals surface area (Å²) in [7, 11) is 0. The van der Waals surface area contributed by atoms with Crippen LogP contribution in [0.1, 0.15) is 89.1 Å². The molecule has 11 aromatic carbocycles. The van der Waals surface area contributed by atoms with Crippen LogP contribution in [0, 0.1) is 0 Å². The molecule has 0 fully saturated rings. The molecule has 1 nitrogen and oxygen atoms in total. The van der Waals surface area contributed by atoms with Crippen molar-refractivity contribution >= 4 is 32.6 Å². The molecule has 1 heteroatoms. The summed E-state index contributed by atoms with van der Waals surface area (Å²) in [4.78, 5) is 0. The van der Waals surface area contributed by atoms with Crippen molar-refractivity contribution in [2.75, 3.05) is 0 Å². The Morgan fingerprint density at radius 1 is 0.370 bits per heavy atom. The molecule has 3 atom stereocenters. The van der Waals surface area contributed by atoms with Crippen LogP contribution in [-0.4, -0.2) is 4.57 Å². The van der Waals surface area contributed by atoms with E-state index in [2.05, 4.69) is 273 Å². The number of nitrogens with zero attached hydrogens (tertiary/aromatic N) is 1. The maximum absolute atomic E-state index is 2.69. The number of benzene rings is 11. The Kier molecular flexibility index (Phi) is 10.3. The van der Waals surface area contributed by atoms with E-state index in [1.165, 1.54) is 122 Å². The summed E-state index contributed by atoms with van der Waals surface area (Å²) in [6.07, 6.45) is 2.06. The average Bonchev–Trinajstić information content (AvgIpc) is 3.91. The van der Waals surface area contributed by atoms with Crippen molar-refractivity contribution in [3.05, 3.63) is 299 Å². The molecule has 2 aliphatic rings. The molecule has 0 bridgehead atoms. The number of fused-ring (bicyclic) bond motifs is 8. The first-order valence-electron chi connectivity index (χ1n) is 26.2. The SMILES string of the molecule is CC1(C)c2ccccc2-c2cc(C(c3ccc(-c4ccccc4)cc3)c3ccc(C4CCC(n5c6ccc(-c7ccccc7)cc6c6c(-c7ccccc7)cccc65)c5ccccc54)c4ccccc34)ccc21. The number of aromatic nitrogens is 1. The molecule has 0 aliphatic heterocycles. The molecule has 0 amide bonds. The predicted molar refractivity (Wildman–Crippen MR) is 307 cm³/mol. The van der Waals surface area contributed by atoms with Gasteiger partial charge in [-0.2, -0.15) is 0 Å². The minimum atomic E-state index is -0.0561. The fourth-order valence-electron chi connectivity index (χ4n) is 13.3. The van der Waals surface area contributed by atoms with Crippen LogP contribution in [0.15, 0.2) is 255 Å². The van der Waals surface area contributed by atoms with E-state index in [1.807, 2.05) is 0 Å². The second kappa shape index (κ2) is 17.4. The second-order valence-corrected chi connectivity index (χ2v) is 21.0. The molecule has 1 aromatic heterocycles. The molecule has 0 saturated heterocycles. The lowest BCUT2D eigenvalue weighted by molar-refractivity contribution is 0.484. The van der Waals surface area contributed by atoms with Crippen LogP contribution in [0.4, 0.5) is 0 Å². The van der Waals surface area contributed by atoms with Crippen LogP contribution in [0.25, 0.3) is 77.1 Å². The molecule has 0 radical (unpaired) electrons. The first-order valence-corrected chi connectivity index (χ1v) is 26.2. The van der Waals surface area contributed by atoms with Crippen LogP contribution in [0.5, 0.6) is 0 Å². The molecule has 1 heterocycles. The summed E-state index contributed by atoms with van der Waals surface area (Å²) in [5.41, 5.74) is 23.7. The Balaban J connectivity index is 0.909. The standard InChI is InChI=1S/C72H55N/c1-72(2)65-31-17-16-28-60(65)63-46-53(37-42-66(63)72)70(51-35-33-49(34-36-51)47-19-6-3-7-20-47)62-40-39-58(55-25-12-13-27-57(55)62)59-41-44-67(61-29-15-14-26-56(59)61)73-68-43-38-52(48-21-8-4-9-22-48)45-64(68)71-54(30-18-32-69(71)73)50-23-10-5-11-24-50/h3-40,42-43,45-46,59,67,70H,41,44H2,1-2H3. The molecule has 14 rings (SSSR count). The lowest BCUT2D eigenvalue weighted by atomic mass is 9.74. The van der Waals surface area contributed by atoms with Gasteiger partial charge in [0.15, 0.2) is 0 Å². The smallest absolute Gasteiger partial charge is 0.0595 e. The maximum Gasteiger partial charge on any atom is 0.0595 e. The van der Waals surface area contributed by atoms with Gasteiger partial charge in [0.1, 0.15) is 0 Å². The quantitative estimate of drug-likeness (QED) is 0.134. The van der Waals surface area contributed by atoms with Crippen LogP contribution in [0.2, 0.25) is 0 Å². The van der Waals surface area contributed by atoms with E-state index in [4.69, 9.17) is 0 Å². The molecule has 0 spiro atoms. The highest BCUT2D eigenvalue weighted by Crippen LogP contribution is 2.52. The molecule has 0 N–H and O–H groups in total. The lowest BCUT2D eigenvalue weighted by Crippen LogP contribution is -2.21. The predicted octanol–water partition coefficient (Wildman–Crippen LogP) is 19.0. The topological polar surface area (TPSA) is 4.93 Å². The van der Waals surface area contributed by atoms with Gasteiger partial charge in [0.2, 0.25) is 0 Å². The zero-order valence-electron chi connectivity index (χ0n) is 41.3. The number of rotatable bonds is 8. The Bertz CT molecular complexity index is 4050. The van der Waals surface area contributed by atoms with E-state index >= 15 is 0 Å². The third-order valence-electron chi connectivity index (χ3n) is 16.8. The summed E-state index contributed by atoms with van der Waals surface area (Å²) in [6.45, 7) is 4.75. The van der Waals surface area contributed by atoms with Crippen LogP contribution in [0.3, 0.4) is 0 Å². The lowest BCUT2D eigenvalue weighted by Gasteiger charge is -2.34. The Hall–Kier alpha value is -8.52. The minimum Gasteiger partial charge on any atom is -0.333 e. The highest BCUT2D eigenvalue weighted by Gasteiger charge is 2.37. The average molecular weight is 934 g/mol. The van der Waals surface area contributed by atoms with E-state index in [1.54, 1.807) is 0 Å². The van der Waals surface area contributed by atoms with Gasteiger partial charge in [0.05, 0.1) is 11.6 Å². The number of hydrogen-bond acceptors (Lipinski definition) is 0. The highest BCUT2D eigenvalue weighted by atomic mass is 15.0. The first kappa shape index (κ1) is 43.3. The fraction of sp³-hybridized carbons (Fsp3) is 0.111. The van der Waals surface area contributed by atoms with Gasteiger partial charge < -0.3 is 4.57 Å². The van der Waals surface area contributed by atoms with Gasteiger partial charge in [0.25, 0.3) is 0 Å². The summed E-state index contributed by atoms with van der Waals surface area (Å²) in [5.74, 6) is 0.262. The zero-order valence-corrected chi connectivity index (χ0v) is 41.3. The Morgan fingerprint density at radius 3 is 1.73 bits per heavy atom. The van der Waals surface area contributed by atoms with Gasteiger partial charge in [-0.1, -0.05) is 244 Å². The Morgan fingerprint density at radius 2 is 0.959 bits per heavy atom. The van der Waals surface area contributed by atoms with E-state index in [-0.39, 0.29) is 23.3 Å². The van der Waals surface area contributed by atoms with Gasteiger partial charge in [-0.25, -0.2) is 0 Å². The van der Waals surface area contributed by atoms with Crippen LogP contribution in [-0.2, 0) is 5.41 Å². The molecule has 3 unspecified atom stereocenters. The van der Waals surface area contributed by atoms with Crippen LogP contribution < -0.4 is 0 Å². The third kappa shape index (κ3) is 7.05. The van der Waals surface area contributed by atoms with Crippen molar-refractivity contribution in [3.8, 4) is 44.5 Å². The number of hydrogen-bond donors (Lipinski definition) is 0. The van der Waals surface area contributed by atoms with Crippen molar-refractivity contribution in [2.24, 2.45) is 0 Å². The third-order valence-corrected chi connectivity index (χ3v) is 16.8. The highest BCUT2D eigenvalue weighted by molar-refractivity contribution is 6.16. The fourth-order valence-corrected chi connectivity index (χ4v) is 13.3. The van der Waals surface area contributed by atoms with E-state index in [9.17, 15) is 0 Å². The van der Waals surface area contributed by atoms with Gasteiger partial charge in [-0.15, -0.1) is 0 Å². The first-order chi connectivity index (χ1) is 36.0. The minimum absolute atomic E-state index is 0.0199. The summed E-state index contributed by atoms with van der Waals surface area (Å²) < 4.78 is 2.69. The van der Waals surface area contributed by atoms with Gasteiger partial charge in [-0.05, 0) is 137 Å².